The molecular formula is C21H26N2O. The summed E-state index contributed by atoms with van der Waals surface area (Å²) in [5, 5.41) is 0. The van der Waals surface area contributed by atoms with Crippen LogP contribution < -0.4 is 4.90 Å². The molecule has 0 aromatic heterocycles. The topological polar surface area (TPSA) is 23.6 Å². The highest BCUT2D eigenvalue weighted by atomic mass is 16.1. The van der Waals surface area contributed by atoms with Crippen LogP contribution >= 0.6 is 0 Å². The molecule has 0 N–H and O–H groups in total. The number of nitrogens with zero attached hydrogens (tertiary/aromatic N) is 2. The van der Waals surface area contributed by atoms with Crippen LogP contribution in [0, 0.1) is 5.92 Å². The smallest absolute Gasteiger partial charge is 0.159 e. The van der Waals surface area contributed by atoms with Crippen molar-refractivity contribution in [2.45, 2.75) is 19.9 Å². The van der Waals surface area contributed by atoms with Gasteiger partial charge in [0.15, 0.2) is 5.78 Å². The Bertz CT molecular complexity index is 666. The lowest BCUT2D eigenvalue weighted by Gasteiger charge is -2.22. The van der Waals surface area contributed by atoms with Crippen LogP contribution in [0.3, 0.4) is 0 Å². The number of rotatable bonds is 6. The predicted octanol–water partition coefficient (Wildman–Crippen LogP) is 3.85. The molecule has 1 unspecified atom stereocenters. The van der Waals surface area contributed by atoms with E-state index < -0.39 is 0 Å². The van der Waals surface area contributed by atoms with Crippen LogP contribution in [-0.4, -0.2) is 37.4 Å². The third-order valence-corrected chi connectivity index (χ3v) is 4.79. The van der Waals surface area contributed by atoms with Gasteiger partial charge in [-0.05, 0) is 44.0 Å². The maximum atomic E-state index is 11.3. The van der Waals surface area contributed by atoms with Gasteiger partial charge in [0, 0.05) is 37.4 Å². The Balaban J connectivity index is 1.50. The Labute approximate surface area is 144 Å². The van der Waals surface area contributed by atoms with Gasteiger partial charge in [0.05, 0.1) is 0 Å². The van der Waals surface area contributed by atoms with Gasteiger partial charge in [-0.3, -0.25) is 4.79 Å². The zero-order valence-electron chi connectivity index (χ0n) is 14.6. The van der Waals surface area contributed by atoms with E-state index in [1.807, 2.05) is 12.1 Å². The molecule has 0 amide bonds. The van der Waals surface area contributed by atoms with Crippen LogP contribution in [0.15, 0.2) is 54.6 Å². The van der Waals surface area contributed by atoms with E-state index in [1.165, 1.54) is 17.7 Å². The molecule has 126 valence electrons. The molecule has 1 saturated heterocycles. The number of carbonyl (C=O) groups excluding carboxylic acids is 1. The van der Waals surface area contributed by atoms with E-state index in [0.29, 0.717) is 5.92 Å². The molecule has 3 heteroatoms. The van der Waals surface area contributed by atoms with Gasteiger partial charge in [-0.15, -0.1) is 0 Å². The van der Waals surface area contributed by atoms with Crippen LogP contribution in [0.2, 0.25) is 0 Å². The molecule has 0 radical (unpaired) electrons. The van der Waals surface area contributed by atoms with Gasteiger partial charge in [-0.25, -0.2) is 0 Å². The summed E-state index contributed by atoms with van der Waals surface area (Å²) in [6.07, 6.45) is 1.25. The third kappa shape index (κ3) is 4.24. The van der Waals surface area contributed by atoms with Crippen molar-refractivity contribution in [2.24, 2.45) is 5.92 Å². The SMILES string of the molecule is CC(=O)c1ccc(CN(C)CC2CCN(c3ccccc3)C2)cc1. The van der Waals surface area contributed by atoms with Crippen LogP contribution in [-0.2, 0) is 6.54 Å². The van der Waals surface area contributed by atoms with Crippen molar-refractivity contribution >= 4 is 11.5 Å². The van der Waals surface area contributed by atoms with Gasteiger partial charge in [-0.2, -0.15) is 0 Å². The molecular weight excluding hydrogens is 296 g/mol. The second kappa shape index (κ2) is 7.63. The molecule has 24 heavy (non-hydrogen) atoms. The minimum absolute atomic E-state index is 0.127. The summed E-state index contributed by atoms with van der Waals surface area (Å²) < 4.78 is 0. The number of para-hydroxylation sites is 1. The number of hydrogen-bond donors (Lipinski definition) is 0. The van der Waals surface area contributed by atoms with Gasteiger partial charge in [0.25, 0.3) is 0 Å². The first kappa shape index (κ1) is 16.7. The molecule has 3 rings (SSSR count). The van der Waals surface area contributed by atoms with Crippen molar-refractivity contribution in [2.75, 3.05) is 31.6 Å². The van der Waals surface area contributed by atoms with Crippen molar-refractivity contribution in [1.29, 1.82) is 0 Å². The Hall–Kier alpha value is -2.13. The fraction of sp³-hybridized carbons (Fsp3) is 0.381. The lowest BCUT2D eigenvalue weighted by Crippen LogP contribution is -2.28. The van der Waals surface area contributed by atoms with Crippen LogP contribution in [0.1, 0.15) is 29.3 Å². The normalized spacial score (nSPS) is 17.5. The van der Waals surface area contributed by atoms with Crippen molar-refractivity contribution in [3.63, 3.8) is 0 Å². The molecule has 2 aromatic carbocycles. The summed E-state index contributed by atoms with van der Waals surface area (Å²) in [5.41, 5.74) is 3.39. The van der Waals surface area contributed by atoms with Crippen LogP contribution in [0.25, 0.3) is 0 Å². The average Bonchev–Trinajstić information content (AvgIpc) is 3.04. The minimum Gasteiger partial charge on any atom is -0.371 e. The summed E-state index contributed by atoms with van der Waals surface area (Å²) in [5.74, 6) is 0.841. The van der Waals surface area contributed by atoms with E-state index in [1.54, 1.807) is 6.92 Å². The molecule has 0 spiro atoms. The Kier molecular flexibility index (Phi) is 5.31. The molecule has 0 bridgehead atoms. The molecule has 2 aromatic rings. The van der Waals surface area contributed by atoms with E-state index in [2.05, 4.69) is 59.3 Å². The van der Waals surface area contributed by atoms with Crippen LogP contribution in [0.5, 0.6) is 0 Å². The summed E-state index contributed by atoms with van der Waals surface area (Å²) >= 11 is 0. The van der Waals surface area contributed by atoms with Gasteiger partial charge in [0.2, 0.25) is 0 Å². The van der Waals surface area contributed by atoms with Gasteiger partial charge in [-0.1, -0.05) is 42.5 Å². The van der Waals surface area contributed by atoms with E-state index in [9.17, 15) is 4.79 Å². The highest BCUT2D eigenvalue weighted by Gasteiger charge is 2.23. The highest BCUT2D eigenvalue weighted by molar-refractivity contribution is 5.93. The van der Waals surface area contributed by atoms with E-state index >= 15 is 0 Å². The maximum absolute atomic E-state index is 11.3. The summed E-state index contributed by atoms with van der Waals surface area (Å²) in [6.45, 7) is 5.94. The third-order valence-electron chi connectivity index (χ3n) is 4.79. The second-order valence-corrected chi connectivity index (χ2v) is 6.89. The lowest BCUT2D eigenvalue weighted by atomic mass is 10.1. The monoisotopic (exact) mass is 322 g/mol. The first-order chi connectivity index (χ1) is 11.6. The van der Waals surface area contributed by atoms with Crippen molar-refractivity contribution in [3.8, 4) is 0 Å². The van der Waals surface area contributed by atoms with Crippen molar-refractivity contribution < 1.29 is 4.79 Å². The largest absolute Gasteiger partial charge is 0.371 e. The summed E-state index contributed by atoms with van der Waals surface area (Å²) in [6, 6.07) is 18.7. The Morgan fingerprint density at radius 1 is 1.12 bits per heavy atom. The molecule has 0 aliphatic carbocycles. The molecule has 3 nitrogen and oxygen atoms in total. The van der Waals surface area contributed by atoms with Crippen molar-refractivity contribution in [3.05, 3.63) is 65.7 Å². The van der Waals surface area contributed by atoms with E-state index in [0.717, 1.165) is 31.7 Å². The van der Waals surface area contributed by atoms with Gasteiger partial charge in [0.1, 0.15) is 0 Å². The fourth-order valence-corrected chi connectivity index (χ4v) is 3.52. The maximum Gasteiger partial charge on any atom is 0.159 e. The molecule has 1 atom stereocenters. The summed E-state index contributed by atoms with van der Waals surface area (Å²) in [4.78, 5) is 16.2. The first-order valence-corrected chi connectivity index (χ1v) is 8.70. The second-order valence-electron chi connectivity index (χ2n) is 6.89. The number of ketones is 1. The number of benzene rings is 2. The van der Waals surface area contributed by atoms with Gasteiger partial charge < -0.3 is 9.80 Å². The Morgan fingerprint density at radius 2 is 1.83 bits per heavy atom. The summed E-state index contributed by atoms with van der Waals surface area (Å²) in [7, 11) is 2.18. The average molecular weight is 322 g/mol. The predicted molar refractivity (Wildman–Crippen MR) is 99.5 cm³/mol. The molecule has 1 aliphatic heterocycles. The van der Waals surface area contributed by atoms with Gasteiger partial charge >= 0.3 is 0 Å². The van der Waals surface area contributed by atoms with Crippen molar-refractivity contribution in [1.82, 2.24) is 4.90 Å². The molecule has 1 heterocycles. The number of carbonyl (C=O) groups is 1. The molecule has 0 saturated carbocycles. The fourth-order valence-electron chi connectivity index (χ4n) is 3.52. The molecule has 1 fully saturated rings. The minimum atomic E-state index is 0.127. The number of Topliss-reactive ketones (excluding diaryl/α,β-unsaturated/α-hetero) is 1. The zero-order chi connectivity index (χ0) is 16.9. The standard InChI is InChI=1S/C21H26N2O/c1-17(24)20-10-8-18(9-11-20)14-22(2)15-19-12-13-23(16-19)21-6-4-3-5-7-21/h3-11,19H,12-16H2,1-2H3. The first-order valence-electron chi connectivity index (χ1n) is 8.70. The quantitative estimate of drug-likeness (QED) is 0.755. The highest BCUT2D eigenvalue weighted by Crippen LogP contribution is 2.24. The molecule has 1 aliphatic rings. The Morgan fingerprint density at radius 3 is 2.50 bits per heavy atom. The number of anilines is 1. The zero-order valence-corrected chi connectivity index (χ0v) is 14.6. The van der Waals surface area contributed by atoms with E-state index in [4.69, 9.17) is 0 Å². The lowest BCUT2D eigenvalue weighted by molar-refractivity contribution is 0.101. The number of hydrogen-bond acceptors (Lipinski definition) is 3. The van der Waals surface area contributed by atoms with Crippen LogP contribution in [0.4, 0.5) is 5.69 Å². The van der Waals surface area contributed by atoms with E-state index in [-0.39, 0.29) is 5.78 Å².